The first kappa shape index (κ1) is 14.6. The molecule has 20 heavy (non-hydrogen) atoms. The van der Waals surface area contributed by atoms with E-state index in [1.807, 2.05) is 6.92 Å². The molecular formula is C14H12Cl2N2O2. The monoisotopic (exact) mass is 310 g/mol. The average molecular weight is 311 g/mol. The highest BCUT2D eigenvalue weighted by Crippen LogP contribution is 2.31. The zero-order valence-corrected chi connectivity index (χ0v) is 12.2. The Labute approximate surface area is 126 Å². The van der Waals surface area contributed by atoms with Crippen molar-refractivity contribution >= 4 is 34.6 Å². The van der Waals surface area contributed by atoms with Gasteiger partial charge in [-0.25, -0.2) is 0 Å². The van der Waals surface area contributed by atoms with Crippen molar-refractivity contribution in [2.45, 2.75) is 13.0 Å². The maximum Gasteiger partial charge on any atom is 0.292 e. The molecule has 0 heterocycles. The summed E-state index contributed by atoms with van der Waals surface area (Å²) in [6.07, 6.45) is 0. The second kappa shape index (κ2) is 6.11. The maximum atomic E-state index is 11.0. The summed E-state index contributed by atoms with van der Waals surface area (Å²) in [5.41, 5.74) is 1.26. The SMILES string of the molecule is CC(Nc1ccccc1[N+](=O)[O-])c1cc(Cl)ccc1Cl. The van der Waals surface area contributed by atoms with E-state index in [2.05, 4.69) is 5.32 Å². The summed E-state index contributed by atoms with van der Waals surface area (Å²) in [5, 5.41) is 15.2. The van der Waals surface area contributed by atoms with Gasteiger partial charge < -0.3 is 5.32 Å². The molecule has 2 aromatic carbocycles. The first-order valence-corrected chi connectivity index (χ1v) is 6.69. The van der Waals surface area contributed by atoms with Crippen LogP contribution in [0.2, 0.25) is 10.0 Å². The third-order valence-corrected chi connectivity index (χ3v) is 3.48. The summed E-state index contributed by atoms with van der Waals surface area (Å²) in [6, 6.07) is 11.4. The van der Waals surface area contributed by atoms with Gasteiger partial charge in [0.05, 0.1) is 11.0 Å². The second-order valence-corrected chi connectivity index (χ2v) is 5.15. The molecule has 104 valence electrons. The molecule has 0 fully saturated rings. The molecule has 0 bridgehead atoms. The lowest BCUT2D eigenvalue weighted by Crippen LogP contribution is -2.08. The van der Waals surface area contributed by atoms with Crippen LogP contribution in [0.1, 0.15) is 18.5 Å². The summed E-state index contributed by atoms with van der Waals surface area (Å²) >= 11 is 12.1. The van der Waals surface area contributed by atoms with Crippen LogP contribution in [0, 0.1) is 10.1 Å². The molecule has 1 unspecified atom stereocenters. The molecule has 4 nitrogen and oxygen atoms in total. The molecule has 0 saturated carbocycles. The standard InChI is InChI=1S/C14H12Cl2N2O2/c1-9(11-8-10(15)6-7-12(11)16)17-13-4-2-3-5-14(13)18(19)20/h2-9,17H,1H3. The Morgan fingerprint density at radius 1 is 1.20 bits per heavy atom. The van der Waals surface area contributed by atoms with Crippen molar-refractivity contribution in [2.24, 2.45) is 0 Å². The van der Waals surface area contributed by atoms with E-state index in [1.54, 1.807) is 36.4 Å². The van der Waals surface area contributed by atoms with Gasteiger partial charge in [0.2, 0.25) is 0 Å². The molecule has 0 radical (unpaired) electrons. The Bertz CT molecular complexity index is 647. The van der Waals surface area contributed by atoms with Crippen LogP contribution >= 0.6 is 23.2 Å². The van der Waals surface area contributed by atoms with Gasteiger partial charge in [-0.2, -0.15) is 0 Å². The Morgan fingerprint density at radius 3 is 2.60 bits per heavy atom. The zero-order chi connectivity index (χ0) is 14.7. The largest absolute Gasteiger partial charge is 0.373 e. The molecular weight excluding hydrogens is 299 g/mol. The number of halogens is 2. The second-order valence-electron chi connectivity index (χ2n) is 4.31. The highest BCUT2D eigenvalue weighted by Gasteiger charge is 2.16. The highest BCUT2D eigenvalue weighted by atomic mass is 35.5. The number of nitro benzene ring substituents is 1. The van der Waals surface area contributed by atoms with Crippen molar-refractivity contribution in [1.29, 1.82) is 0 Å². The molecule has 6 heteroatoms. The van der Waals surface area contributed by atoms with Crippen molar-refractivity contribution in [2.75, 3.05) is 5.32 Å². The smallest absolute Gasteiger partial charge is 0.292 e. The van der Waals surface area contributed by atoms with Gasteiger partial charge in [-0.15, -0.1) is 0 Å². The number of para-hydroxylation sites is 2. The van der Waals surface area contributed by atoms with E-state index in [-0.39, 0.29) is 11.7 Å². The van der Waals surface area contributed by atoms with Crippen LogP contribution in [0.3, 0.4) is 0 Å². The van der Waals surface area contributed by atoms with Gasteiger partial charge in [-0.05, 0) is 36.8 Å². The maximum absolute atomic E-state index is 11.0. The Morgan fingerprint density at radius 2 is 1.90 bits per heavy atom. The first-order valence-electron chi connectivity index (χ1n) is 5.94. The first-order chi connectivity index (χ1) is 9.49. The van der Waals surface area contributed by atoms with Gasteiger partial charge in [0, 0.05) is 16.1 Å². The number of nitro groups is 1. The van der Waals surface area contributed by atoms with Crippen molar-refractivity contribution in [3.63, 3.8) is 0 Å². The number of nitrogens with zero attached hydrogens (tertiary/aromatic N) is 1. The lowest BCUT2D eigenvalue weighted by molar-refractivity contribution is -0.384. The molecule has 0 amide bonds. The topological polar surface area (TPSA) is 55.2 Å². The molecule has 0 spiro atoms. The van der Waals surface area contributed by atoms with Gasteiger partial charge in [-0.3, -0.25) is 10.1 Å². The lowest BCUT2D eigenvalue weighted by atomic mass is 10.1. The fourth-order valence-corrected chi connectivity index (χ4v) is 2.37. The number of hydrogen-bond donors (Lipinski definition) is 1. The van der Waals surface area contributed by atoms with E-state index in [0.29, 0.717) is 15.7 Å². The summed E-state index contributed by atoms with van der Waals surface area (Å²) in [5.74, 6) is 0. The number of anilines is 1. The summed E-state index contributed by atoms with van der Waals surface area (Å²) < 4.78 is 0. The number of benzene rings is 2. The highest BCUT2D eigenvalue weighted by molar-refractivity contribution is 6.33. The van der Waals surface area contributed by atoms with Crippen LogP contribution in [-0.2, 0) is 0 Å². The third kappa shape index (κ3) is 3.21. The van der Waals surface area contributed by atoms with Gasteiger partial charge >= 0.3 is 0 Å². The summed E-state index contributed by atoms with van der Waals surface area (Å²) in [7, 11) is 0. The normalized spacial score (nSPS) is 11.9. The lowest BCUT2D eigenvalue weighted by Gasteiger charge is -2.17. The number of nitrogens with one attached hydrogen (secondary N) is 1. The predicted octanol–water partition coefficient (Wildman–Crippen LogP) is 5.07. The molecule has 2 aromatic rings. The van der Waals surface area contributed by atoms with Gasteiger partial charge in [0.25, 0.3) is 5.69 Å². The Hall–Kier alpha value is -1.78. The minimum Gasteiger partial charge on any atom is -0.373 e. The molecule has 0 saturated heterocycles. The minimum absolute atomic E-state index is 0.0255. The molecule has 0 aliphatic rings. The predicted molar refractivity (Wildman–Crippen MR) is 81.6 cm³/mol. The molecule has 0 aromatic heterocycles. The summed E-state index contributed by atoms with van der Waals surface area (Å²) in [4.78, 5) is 10.6. The van der Waals surface area contributed by atoms with E-state index in [9.17, 15) is 10.1 Å². The molecule has 0 aliphatic carbocycles. The average Bonchev–Trinajstić information content (AvgIpc) is 2.41. The van der Waals surface area contributed by atoms with E-state index in [4.69, 9.17) is 23.2 Å². The van der Waals surface area contributed by atoms with E-state index in [1.165, 1.54) is 6.07 Å². The zero-order valence-electron chi connectivity index (χ0n) is 10.6. The fraction of sp³-hybridized carbons (Fsp3) is 0.143. The van der Waals surface area contributed by atoms with Crippen molar-refractivity contribution in [3.05, 3.63) is 68.2 Å². The molecule has 1 N–H and O–H groups in total. The van der Waals surface area contributed by atoms with Gasteiger partial charge in [-0.1, -0.05) is 35.3 Å². The van der Waals surface area contributed by atoms with Crippen LogP contribution in [0.4, 0.5) is 11.4 Å². The third-order valence-electron chi connectivity index (χ3n) is 2.90. The van der Waals surface area contributed by atoms with Crippen molar-refractivity contribution < 1.29 is 4.92 Å². The van der Waals surface area contributed by atoms with Gasteiger partial charge in [0.15, 0.2) is 0 Å². The van der Waals surface area contributed by atoms with Gasteiger partial charge in [0.1, 0.15) is 5.69 Å². The van der Waals surface area contributed by atoms with E-state index >= 15 is 0 Å². The molecule has 0 aliphatic heterocycles. The number of hydrogen-bond acceptors (Lipinski definition) is 3. The van der Waals surface area contributed by atoms with Crippen LogP contribution < -0.4 is 5.32 Å². The minimum atomic E-state index is -0.422. The van der Waals surface area contributed by atoms with Crippen LogP contribution in [0.5, 0.6) is 0 Å². The fourth-order valence-electron chi connectivity index (χ4n) is 1.91. The quantitative estimate of drug-likeness (QED) is 0.633. The van der Waals surface area contributed by atoms with Crippen LogP contribution in [-0.4, -0.2) is 4.92 Å². The molecule has 2 rings (SSSR count). The van der Waals surface area contributed by atoms with E-state index < -0.39 is 4.92 Å². The van der Waals surface area contributed by atoms with E-state index in [0.717, 1.165) is 5.56 Å². The van der Waals surface area contributed by atoms with Crippen LogP contribution in [0.25, 0.3) is 0 Å². The Balaban J connectivity index is 2.30. The van der Waals surface area contributed by atoms with Crippen LogP contribution in [0.15, 0.2) is 42.5 Å². The Kier molecular flexibility index (Phi) is 4.47. The summed E-state index contributed by atoms with van der Waals surface area (Å²) in [6.45, 7) is 1.87. The van der Waals surface area contributed by atoms with Crippen molar-refractivity contribution in [3.8, 4) is 0 Å². The van der Waals surface area contributed by atoms with Crippen molar-refractivity contribution in [1.82, 2.24) is 0 Å². The molecule has 1 atom stereocenters. The number of rotatable bonds is 4.